The van der Waals surface area contributed by atoms with E-state index in [0.29, 0.717) is 5.69 Å². The van der Waals surface area contributed by atoms with Crippen molar-refractivity contribution in [3.63, 3.8) is 0 Å². The van der Waals surface area contributed by atoms with E-state index in [1.165, 1.54) is 24.3 Å². The van der Waals surface area contributed by atoms with Crippen LogP contribution in [0.2, 0.25) is 0 Å². The van der Waals surface area contributed by atoms with Crippen LogP contribution in [0.1, 0.15) is 23.0 Å². The molecule has 134 valence electrons. The molecule has 1 heterocycles. The third-order valence-corrected chi connectivity index (χ3v) is 5.98. The zero-order valence-corrected chi connectivity index (χ0v) is 16.3. The number of halogens is 1. The van der Waals surface area contributed by atoms with E-state index in [9.17, 15) is 13.2 Å². The van der Waals surface area contributed by atoms with Crippen molar-refractivity contribution in [3.05, 3.63) is 76.5 Å². The molecule has 0 fully saturated rings. The van der Waals surface area contributed by atoms with Gasteiger partial charge in [0.05, 0.1) is 4.90 Å². The van der Waals surface area contributed by atoms with Crippen LogP contribution in [0.4, 0.5) is 5.69 Å². The number of carbonyl (C=O) groups excluding carboxylic acids is 1. The number of hydrogen-bond acceptors (Lipinski definition) is 4. The second-order valence-electron chi connectivity index (χ2n) is 5.58. The van der Waals surface area contributed by atoms with Gasteiger partial charge in [-0.25, -0.2) is 8.42 Å². The molecule has 3 rings (SSSR count). The van der Waals surface area contributed by atoms with Crippen LogP contribution in [-0.2, 0) is 16.3 Å². The van der Waals surface area contributed by atoms with Gasteiger partial charge in [-0.3, -0.25) is 4.79 Å². The zero-order valence-electron chi connectivity index (χ0n) is 13.9. The number of benzene rings is 2. The lowest BCUT2D eigenvalue weighted by Crippen LogP contribution is -2.11. The van der Waals surface area contributed by atoms with Crippen molar-refractivity contribution in [1.82, 2.24) is 0 Å². The normalized spacial score (nSPS) is 11.3. The Morgan fingerprint density at radius 3 is 2.27 bits per heavy atom. The summed E-state index contributed by atoms with van der Waals surface area (Å²) in [4.78, 5) is 12.4. The minimum Gasteiger partial charge on any atom is -0.439 e. The predicted molar refractivity (Wildman–Crippen MR) is 102 cm³/mol. The van der Waals surface area contributed by atoms with Crippen LogP contribution in [0.3, 0.4) is 0 Å². The van der Waals surface area contributed by atoms with Crippen LogP contribution in [-0.4, -0.2) is 14.3 Å². The molecule has 1 aromatic heterocycles. The van der Waals surface area contributed by atoms with Gasteiger partial charge in [0, 0.05) is 10.2 Å². The van der Waals surface area contributed by atoms with Crippen LogP contribution in [0.5, 0.6) is 0 Å². The number of anilines is 1. The van der Waals surface area contributed by atoms with E-state index in [1.807, 2.05) is 19.1 Å². The fraction of sp³-hybridized carbons (Fsp3) is 0.105. The molecule has 0 atom stereocenters. The lowest BCUT2D eigenvalue weighted by Gasteiger charge is -2.04. The van der Waals surface area contributed by atoms with Gasteiger partial charge in [-0.05, 0) is 60.5 Å². The molecule has 7 heteroatoms. The highest BCUT2D eigenvalue weighted by Crippen LogP contribution is 2.24. The van der Waals surface area contributed by atoms with Crippen molar-refractivity contribution >= 4 is 37.4 Å². The molecule has 1 N–H and O–H groups in total. The Morgan fingerprint density at radius 2 is 1.65 bits per heavy atom. The number of nitrogens with one attached hydrogen (secondary N) is 1. The van der Waals surface area contributed by atoms with Gasteiger partial charge in [0.25, 0.3) is 5.91 Å². The monoisotopic (exact) mass is 433 g/mol. The third-order valence-electron chi connectivity index (χ3n) is 3.81. The molecule has 0 unspecified atom stereocenters. The van der Waals surface area contributed by atoms with E-state index >= 15 is 0 Å². The molecule has 0 radical (unpaired) electrons. The predicted octanol–water partition coefficient (Wildman–Crippen LogP) is 4.69. The molecule has 3 aromatic rings. The van der Waals surface area contributed by atoms with Crippen LogP contribution in [0, 0.1) is 0 Å². The highest BCUT2D eigenvalue weighted by molar-refractivity contribution is 9.10. The molecule has 0 bridgehead atoms. The van der Waals surface area contributed by atoms with Crippen LogP contribution >= 0.6 is 15.9 Å². The Morgan fingerprint density at radius 1 is 1.00 bits per heavy atom. The average molecular weight is 434 g/mol. The second kappa shape index (κ2) is 7.47. The van der Waals surface area contributed by atoms with Gasteiger partial charge in [-0.2, -0.15) is 0 Å². The Bertz CT molecular complexity index is 1020. The van der Waals surface area contributed by atoms with E-state index in [0.717, 1.165) is 16.5 Å². The van der Waals surface area contributed by atoms with Crippen molar-refractivity contribution in [1.29, 1.82) is 0 Å². The number of rotatable bonds is 5. The summed E-state index contributed by atoms with van der Waals surface area (Å²) < 4.78 is 31.2. The Labute approximate surface area is 160 Å². The minimum atomic E-state index is -3.82. The standard InChI is InChI=1S/C19H16BrNO4S/c1-2-13-3-7-15(8-4-13)21-19(22)17-11-12-18(25-17)26(23,24)16-9-5-14(20)6-10-16/h3-12H,2H2,1H3,(H,21,22). The maximum absolute atomic E-state index is 12.6. The first-order valence-electron chi connectivity index (χ1n) is 7.91. The van der Waals surface area contributed by atoms with Gasteiger partial charge in [0.2, 0.25) is 14.9 Å². The van der Waals surface area contributed by atoms with Crippen LogP contribution in [0.25, 0.3) is 0 Å². The number of amides is 1. The lowest BCUT2D eigenvalue weighted by atomic mass is 10.1. The van der Waals surface area contributed by atoms with Crippen molar-refractivity contribution in [3.8, 4) is 0 Å². The van der Waals surface area contributed by atoms with E-state index in [-0.39, 0.29) is 15.7 Å². The summed E-state index contributed by atoms with van der Waals surface area (Å²) in [6.07, 6.45) is 0.906. The highest BCUT2D eigenvalue weighted by Gasteiger charge is 2.23. The van der Waals surface area contributed by atoms with Gasteiger partial charge in [0.15, 0.2) is 5.76 Å². The second-order valence-corrected chi connectivity index (χ2v) is 8.38. The highest BCUT2D eigenvalue weighted by atomic mass is 79.9. The van der Waals surface area contributed by atoms with E-state index in [2.05, 4.69) is 21.2 Å². The number of aryl methyl sites for hydroxylation is 1. The van der Waals surface area contributed by atoms with Gasteiger partial charge < -0.3 is 9.73 Å². The Kier molecular flexibility index (Phi) is 5.29. The lowest BCUT2D eigenvalue weighted by molar-refractivity contribution is 0.0991. The topological polar surface area (TPSA) is 76.4 Å². The molecule has 0 spiro atoms. The summed E-state index contributed by atoms with van der Waals surface area (Å²) in [5.41, 5.74) is 1.77. The summed E-state index contributed by atoms with van der Waals surface area (Å²) in [6.45, 7) is 2.05. The van der Waals surface area contributed by atoms with E-state index < -0.39 is 15.7 Å². The first-order chi connectivity index (χ1) is 12.4. The summed E-state index contributed by atoms with van der Waals surface area (Å²) in [7, 11) is -3.82. The number of carbonyl (C=O) groups is 1. The first kappa shape index (κ1) is 18.4. The fourth-order valence-electron chi connectivity index (χ4n) is 2.33. The van der Waals surface area contributed by atoms with Gasteiger partial charge in [-0.15, -0.1) is 0 Å². The quantitative estimate of drug-likeness (QED) is 0.632. The van der Waals surface area contributed by atoms with E-state index in [4.69, 9.17) is 4.42 Å². The molecule has 0 saturated heterocycles. The Balaban J connectivity index is 1.80. The molecular formula is C19H16BrNO4S. The maximum Gasteiger partial charge on any atom is 0.291 e. The molecule has 0 aliphatic heterocycles. The third kappa shape index (κ3) is 3.89. The van der Waals surface area contributed by atoms with Crippen molar-refractivity contribution in [2.75, 3.05) is 5.32 Å². The smallest absolute Gasteiger partial charge is 0.291 e. The molecule has 0 aliphatic carbocycles. The van der Waals surface area contributed by atoms with Crippen LogP contribution < -0.4 is 5.32 Å². The summed E-state index contributed by atoms with van der Waals surface area (Å²) >= 11 is 3.26. The number of hydrogen-bond donors (Lipinski definition) is 1. The molecule has 26 heavy (non-hydrogen) atoms. The molecule has 5 nitrogen and oxygen atoms in total. The van der Waals surface area contributed by atoms with Gasteiger partial charge in [-0.1, -0.05) is 35.0 Å². The van der Waals surface area contributed by atoms with Crippen LogP contribution in [0.15, 0.2) is 79.5 Å². The van der Waals surface area contributed by atoms with Crippen molar-refractivity contribution in [2.24, 2.45) is 0 Å². The SMILES string of the molecule is CCc1ccc(NC(=O)c2ccc(S(=O)(=O)c3ccc(Br)cc3)o2)cc1. The van der Waals surface area contributed by atoms with Gasteiger partial charge >= 0.3 is 0 Å². The first-order valence-corrected chi connectivity index (χ1v) is 10.2. The summed E-state index contributed by atoms with van der Waals surface area (Å²) in [6, 6.07) is 16.2. The van der Waals surface area contributed by atoms with Crippen molar-refractivity contribution in [2.45, 2.75) is 23.3 Å². The number of furan rings is 1. The largest absolute Gasteiger partial charge is 0.439 e. The van der Waals surface area contributed by atoms with E-state index in [1.54, 1.807) is 24.3 Å². The minimum absolute atomic E-state index is 0.0692. The molecule has 1 amide bonds. The molecule has 2 aromatic carbocycles. The van der Waals surface area contributed by atoms with Gasteiger partial charge in [0.1, 0.15) is 0 Å². The van der Waals surface area contributed by atoms with Crippen molar-refractivity contribution < 1.29 is 17.6 Å². The summed E-state index contributed by atoms with van der Waals surface area (Å²) in [5.74, 6) is -0.577. The fourth-order valence-corrected chi connectivity index (χ4v) is 3.77. The average Bonchev–Trinajstić information content (AvgIpc) is 3.14. The molecule has 0 aliphatic rings. The molecular weight excluding hydrogens is 418 g/mol. The number of sulfone groups is 1. The maximum atomic E-state index is 12.6. The summed E-state index contributed by atoms with van der Waals surface area (Å²) in [5, 5.41) is 2.42. The molecule has 0 saturated carbocycles. The zero-order chi connectivity index (χ0) is 18.7. The Hall–Kier alpha value is -2.38.